The van der Waals surface area contributed by atoms with Gasteiger partial charge in [-0.05, 0) is 17.7 Å². The van der Waals surface area contributed by atoms with Crippen LogP contribution in [-0.4, -0.2) is 37.8 Å². The van der Waals surface area contributed by atoms with Gasteiger partial charge in [0.15, 0.2) is 0 Å². The molecule has 0 amide bonds. The maximum absolute atomic E-state index is 13.3. The lowest BCUT2D eigenvalue weighted by Gasteiger charge is -2.33. The van der Waals surface area contributed by atoms with Gasteiger partial charge < -0.3 is 5.32 Å². The smallest absolute Gasteiger partial charge is 0.314 e. The lowest BCUT2D eigenvalue weighted by molar-refractivity contribution is -0.137. The largest absolute Gasteiger partial charge is 0.417 e. The molecule has 1 saturated heterocycles. The Kier molecular flexibility index (Phi) is 6.71. The van der Waals surface area contributed by atoms with Crippen molar-refractivity contribution in [2.45, 2.75) is 12.2 Å². The number of alkyl halides is 4. The zero-order valence-electron chi connectivity index (χ0n) is 11.1. The summed E-state index contributed by atoms with van der Waals surface area (Å²) >= 11 is 5.68. The van der Waals surface area contributed by atoms with Crippen LogP contribution in [0.25, 0.3) is 0 Å². The molecule has 1 aromatic carbocycles. The van der Waals surface area contributed by atoms with E-state index in [4.69, 9.17) is 11.6 Å². The number of hydrogen-bond donors (Lipinski definition) is 1. The van der Waals surface area contributed by atoms with Crippen LogP contribution in [0.3, 0.4) is 0 Å². The molecule has 0 aliphatic carbocycles. The van der Waals surface area contributed by atoms with Crippen molar-refractivity contribution in [1.29, 1.82) is 0 Å². The third-order valence-corrected chi connectivity index (χ3v) is 3.73. The first kappa shape index (κ1) is 18.5. The zero-order valence-corrected chi connectivity index (χ0v) is 12.7. The Morgan fingerprint density at radius 2 is 1.86 bits per heavy atom. The van der Waals surface area contributed by atoms with Crippen LogP contribution in [-0.2, 0) is 6.18 Å². The summed E-state index contributed by atoms with van der Waals surface area (Å²) in [5.74, 6) is 0. The summed E-state index contributed by atoms with van der Waals surface area (Å²) in [6, 6.07) is 2.90. The summed E-state index contributed by atoms with van der Waals surface area (Å²) in [6.07, 6.45) is -4.49. The highest BCUT2D eigenvalue weighted by Gasteiger charge is 2.33. The molecule has 1 aromatic rings. The van der Waals surface area contributed by atoms with Crippen molar-refractivity contribution < 1.29 is 17.6 Å². The minimum absolute atomic E-state index is 0. The molecular formula is C13H16Cl2F4N2. The normalized spacial score (nSPS) is 18.1. The molecule has 1 aliphatic heterocycles. The first-order valence-electron chi connectivity index (χ1n) is 6.31. The van der Waals surface area contributed by atoms with Crippen LogP contribution in [0.15, 0.2) is 18.2 Å². The zero-order chi connectivity index (χ0) is 14.8. The van der Waals surface area contributed by atoms with Gasteiger partial charge in [0.05, 0.1) is 16.6 Å². The van der Waals surface area contributed by atoms with Crippen molar-refractivity contribution in [2.75, 3.05) is 32.9 Å². The predicted molar refractivity (Wildman–Crippen MR) is 76.9 cm³/mol. The van der Waals surface area contributed by atoms with Crippen LogP contribution in [0.4, 0.5) is 17.6 Å². The molecular weight excluding hydrogens is 331 g/mol. The van der Waals surface area contributed by atoms with Gasteiger partial charge in [-0.1, -0.05) is 17.7 Å². The lowest BCUT2D eigenvalue weighted by atomic mass is 10.0. The average Bonchev–Trinajstić information content (AvgIpc) is 2.39. The maximum Gasteiger partial charge on any atom is 0.417 e. The van der Waals surface area contributed by atoms with Gasteiger partial charge in [0.1, 0.15) is 6.67 Å². The molecule has 0 radical (unpaired) electrons. The molecule has 1 heterocycles. The highest BCUT2D eigenvalue weighted by molar-refractivity contribution is 6.31. The summed E-state index contributed by atoms with van der Waals surface area (Å²) < 4.78 is 51.2. The number of benzene rings is 1. The fourth-order valence-corrected chi connectivity index (χ4v) is 2.66. The molecule has 1 N–H and O–H groups in total. The number of rotatable bonds is 3. The molecule has 1 aliphatic rings. The SMILES string of the molecule is Cl.FC[C@H](c1ccc(C(F)(F)F)c(Cl)c1)N1CCNCC1. The fraction of sp³-hybridized carbons (Fsp3) is 0.538. The lowest BCUT2D eigenvalue weighted by Crippen LogP contribution is -2.45. The summed E-state index contributed by atoms with van der Waals surface area (Å²) in [5, 5.41) is 2.76. The quantitative estimate of drug-likeness (QED) is 0.839. The number of hydrogen-bond acceptors (Lipinski definition) is 2. The molecule has 0 spiro atoms. The van der Waals surface area contributed by atoms with E-state index in [2.05, 4.69) is 5.32 Å². The highest BCUT2D eigenvalue weighted by atomic mass is 35.5. The topological polar surface area (TPSA) is 15.3 Å². The van der Waals surface area contributed by atoms with E-state index in [1.165, 1.54) is 12.1 Å². The number of piperazine rings is 1. The van der Waals surface area contributed by atoms with Crippen molar-refractivity contribution in [2.24, 2.45) is 0 Å². The summed E-state index contributed by atoms with van der Waals surface area (Å²) in [7, 11) is 0. The molecule has 1 atom stereocenters. The summed E-state index contributed by atoms with van der Waals surface area (Å²) in [6.45, 7) is 2.15. The van der Waals surface area contributed by atoms with Crippen molar-refractivity contribution in [3.63, 3.8) is 0 Å². The van der Waals surface area contributed by atoms with Gasteiger partial charge >= 0.3 is 6.18 Å². The second-order valence-electron chi connectivity index (χ2n) is 4.69. The second kappa shape index (κ2) is 7.63. The number of halogens is 6. The van der Waals surface area contributed by atoms with Crippen LogP contribution < -0.4 is 5.32 Å². The van der Waals surface area contributed by atoms with Gasteiger partial charge in [0.25, 0.3) is 0 Å². The van der Waals surface area contributed by atoms with Gasteiger partial charge in [-0.25, -0.2) is 4.39 Å². The van der Waals surface area contributed by atoms with Crippen LogP contribution >= 0.6 is 24.0 Å². The molecule has 0 unspecified atom stereocenters. The van der Waals surface area contributed by atoms with Crippen LogP contribution in [0.2, 0.25) is 5.02 Å². The fourth-order valence-electron chi connectivity index (χ4n) is 2.36. The molecule has 2 rings (SSSR count). The van der Waals surface area contributed by atoms with E-state index in [1.807, 2.05) is 4.90 Å². The molecule has 1 fully saturated rings. The molecule has 0 bridgehead atoms. The minimum atomic E-state index is -4.49. The van der Waals surface area contributed by atoms with Crippen LogP contribution in [0.5, 0.6) is 0 Å². The Labute approximate surface area is 131 Å². The number of nitrogens with one attached hydrogen (secondary N) is 1. The third kappa shape index (κ3) is 4.45. The van der Waals surface area contributed by atoms with Crippen molar-refractivity contribution in [3.05, 3.63) is 34.3 Å². The molecule has 21 heavy (non-hydrogen) atoms. The van der Waals surface area contributed by atoms with Crippen molar-refractivity contribution in [1.82, 2.24) is 10.2 Å². The van der Waals surface area contributed by atoms with E-state index in [-0.39, 0.29) is 17.4 Å². The molecule has 0 saturated carbocycles. The van der Waals surface area contributed by atoms with Gasteiger partial charge in [-0.3, -0.25) is 4.90 Å². The van der Waals surface area contributed by atoms with Crippen LogP contribution in [0.1, 0.15) is 17.2 Å². The van der Waals surface area contributed by atoms with Gasteiger partial charge in [-0.2, -0.15) is 13.2 Å². The van der Waals surface area contributed by atoms with E-state index in [1.54, 1.807) is 0 Å². The van der Waals surface area contributed by atoms with Gasteiger partial charge in [0, 0.05) is 26.2 Å². The third-order valence-electron chi connectivity index (χ3n) is 3.42. The van der Waals surface area contributed by atoms with Gasteiger partial charge in [-0.15, -0.1) is 12.4 Å². The van der Waals surface area contributed by atoms with E-state index in [0.29, 0.717) is 18.7 Å². The Hall–Kier alpha value is -0.560. The minimum Gasteiger partial charge on any atom is -0.314 e. The first-order chi connectivity index (χ1) is 9.43. The Bertz CT molecular complexity index is 462. The Morgan fingerprint density at radius 3 is 2.33 bits per heavy atom. The summed E-state index contributed by atoms with van der Waals surface area (Å²) in [4.78, 5) is 1.91. The monoisotopic (exact) mass is 346 g/mol. The standard InChI is InChI=1S/C13H15ClF4N2.ClH/c14-11-7-9(1-2-10(11)13(16,17)18)12(8-15)20-5-3-19-4-6-20;/h1-2,7,12,19H,3-6,8H2;1H/t12-;/m1./s1. The molecule has 8 heteroatoms. The van der Waals surface area contributed by atoms with Crippen molar-refractivity contribution >= 4 is 24.0 Å². The second-order valence-corrected chi connectivity index (χ2v) is 5.10. The first-order valence-corrected chi connectivity index (χ1v) is 6.68. The molecule has 120 valence electrons. The van der Waals surface area contributed by atoms with E-state index in [9.17, 15) is 17.6 Å². The molecule has 0 aromatic heterocycles. The molecule has 2 nitrogen and oxygen atoms in total. The van der Waals surface area contributed by atoms with E-state index in [0.717, 1.165) is 19.2 Å². The maximum atomic E-state index is 13.3. The number of nitrogens with zero attached hydrogens (tertiary/aromatic N) is 1. The Balaban J connectivity index is 0.00000220. The average molecular weight is 347 g/mol. The van der Waals surface area contributed by atoms with Gasteiger partial charge in [0.2, 0.25) is 0 Å². The van der Waals surface area contributed by atoms with E-state index < -0.39 is 24.5 Å². The van der Waals surface area contributed by atoms with Crippen molar-refractivity contribution in [3.8, 4) is 0 Å². The predicted octanol–water partition coefficient (Wildman–Crippen LogP) is 3.70. The highest BCUT2D eigenvalue weighted by Crippen LogP contribution is 2.36. The van der Waals surface area contributed by atoms with E-state index >= 15 is 0 Å². The van der Waals surface area contributed by atoms with Crippen LogP contribution in [0, 0.1) is 0 Å². The summed E-state index contributed by atoms with van der Waals surface area (Å²) in [5.41, 5.74) is -0.409. The Morgan fingerprint density at radius 1 is 1.24 bits per heavy atom.